The van der Waals surface area contributed by atoms with Gasteiger partial charge in [0.1, 0.15) is 5.76 Å². The summed E-state index contributed by atoms with van der Waals surface area (Å²) >= 11 is 9.10. The van der Waals surface area contributed by atoms with Gasteiger partial charge in [-0.05, 0) is 30.3 Å². The van der Waals surface area contributed by atoms with E-state index < -0.39 is 5.97 Å². The van der Waals surface area contributed by atoms with Gasteiger partial charge in [-0.1, -0.05) is 27.5 Å². The molecule has 0 saturated carbocycles. The van der Waals surface area contributed by atoms with Crippen molar-refractivity contribution >= 4 is 39.4 Å². The molecule has 1 aromatic carbocycles. The molecule has 2 rings (SSSR count). The molecule has 0 bridgehead atoms. The van der Waals surface area contributed by atoms with Crippen molar-refractivity contribution in [1.82, 2.24) is 5.32 Å². The Morgan fingerprint density at radius 1 is 1.30 bits per heavy atom. The topological polar surface area (TPSA) is 79.5 Å². The third-order valence-electron chi connectivity index (χ3n) is 2.42. The molecule has 0 unspecified atom stereocenters. The van der Waals surface area contributed by atoms with Crippen LogP contribution in [0.5, 0.6) is 0 Å². The van der Waals surface area contributed by atoms with Gasteiger partial charge in [-0.15, -0.1) is 0 Å². The highest BCUT2D eigenvalue weighted by molar-refractivity contribution is 9.10. The summed E-state index contributed by atoms with van der Waals surface area (Å²) in [6.07, 6.45) is 0. The smallest absolute Gasteiger partial charge is 0.371 e. The first-order chi connectivity index (χ1) is 9.45. The predicted molar refractivity (Wildman–Crippen MR) is 76.0 cm³/mol. The number of carbonyl (C=O) groups is 2. The zero-order valence-corrected chi connectivity index (χ0v) is 12.4. The van der Waals surface area contributed by atoms with Gasteiger partial charge in [0, 0.05) is 15.1 Å². The first-order valence-electron chi connectivity index (χ1n) is 5.52. The zero-order valence-electron chi connectivity index (χ0n) is 10.0. The number of hydrogen-bond acceptors (Lipinski definition) is 3. The van der Waals surface area contributed by atoms with E-state index >= 15 is 0 Å². The molecule has 5 nitrogen and oxygen atoms in total. The maximum Gasteiger partial charge on any atom is 0.371 e. The number of aromatic carboxylic acids is 1. The van der Waals surface area contributed by atoms with Gasteiger partial charge in [0.25, 0.3) is 5.91 Å². The van der Waals surface area contributed by atoms with Crippen molar-refractivity contribution in [3.63, 3.8) is 0 Å². The minimum atomic E-state index is -1.15. The zero-order chi connectivity index (χ0) is 14.7. The van der Waals surface area contributed by atoms with Gasteiger partial charge in [0.15, 0.2) is 0 Å². The molecule has 0 saturated heterocycles. The summed E-state index contributed by atoms with van der Waals surface area (Å²) in [4.78, 5) is 22.6. The molecule has 0 aliphatic rings. The number of hydrogen-bond donors (Lipinski definition) is 2. The predicted octanol–water partition coefficient (Wildman–Crippen LogP) is 3.32. The van der Waals surface area contributed by atoms with Gasteiger partial charge >= 0.3 is 5.97 Å². The lowest BCUT2D eigenvalue weighted by atomic mass is 10.2. The molecule has 0 radical (unpaired) electrons. The Morgan fingerprint density at radius 3 is 2.65 bits per heavy atom. The van der Waals surface area contributed by atoms with Crippen LogP contribution in [0.15, 0.2) is 39.2 Å². The van der Waals surface area contributed by atoms with Crippen LogP contribution in [-0.4, -0.2) is 17.0 Å². The average Bonchev–Trinajstić information content (AvgIpc) is 2.83. The van der Waals surface area contributed by atoms with E-state index in [-0.39, 0.29) is 18.2 Å². The van der Waals surface area contributed by atoms with Crippen LogP contribution in [-0.2, 0) is 6.54 Å². The number of nitrogens with one attached hydrogen (secondary N) is 1. The summed E-state index contributed by atoms with van der Waals surface area (Å²) in [6, 6.07) is 7.67. The maximum absolute atomic E-state index is 11.9. The van der Waals surface area contributed by atoms with Crippen molar-refractivity contribution in [2.75, 3.05) is 0 Å². The first kappa shape index (κ1) is 14.6. The SMILES string of the molecule is O=C(NCc1ccc(C(=O)O)o1)c1cc(Cl)cc(Br)c1. The Labute approximate surface area is 127 Å². The van der Waals surface area contributed by atoms with E-state index in [0.717, 1.165) is 0 Å². The quantitative estimate of drug-likeness (QED) is 0.878. The van der Waals surface area contributed by atoms with Crippen molar-refractivity contribution in [2.45, 2.75) is 6.54 Å². The number of amides is 1. The molecule has 0 atom stereocenters. The second-order valence-corrected chi connectivity index (χ2v) is 5.26. The molecule has 1 aromatic heterocycles. The Kier molecular flexibility index (Phi) is 4.46. The molecule has 0 aliphatic heterocycles. The molecule has 1 heterocycles. The molecule has 104 valence electrons. The molecule has 7 heteroatoms. The summed E-state index contributed by atoms with van der Waals surface area (Å²) in [5.74, 6) is -1.29. The van der Waals surface area contributed by atoms with Crippen LogP contribution in [0.2, 0.25) is 5.02 Å². The molecule has 2 N–H and O–H groups in total. The number of rotatable bonds is 4. The highest BCUT2D eigenvalue weighted by Crippen LogP contribution is 2.19. The Balaban J connectivity index is 2.02. The molecule has 1 amide bonds. The van der Waals surface area contributed by atoms with E-state index in [0.29, 0.717) is 20.8 Å². The lowest BCUT2D eigenvalue weighted by molar-refractivity contribution is 0.0660. The molecule has 0 fully saturated rings. The van der Waals surface area contributed by atoms with Crippen LogP contribution in [0.1, 0.15) is 26.7 Å². The highest BCUT2D eigenvalue weighted by atomic mass is 79.9. The average molecular weight is 359 g/mol. The fraction of sp³-hybridized carbons (Fsp3) is 0.0769. The fourth-order valence-electron chi connectivity index (χ4n) is 1.54. The Morgan fingerprint density at radius 2 is 2.05 bits per heavy atom. The van der Waals surface area contributed by atoms with E-state index in [2.05, 4.69) is 21.2 Å². The Bertz CT molecular complexity index is 648. The van der Waals surface area contributed by atoms with Crippen LogP contribution < -0.4 is 5.32 Å². The van der Waals surface area contributed by atoms with Crippen LogP contribution in [0.25, 0.3) is 0 Å². The number of halogens is 2. The van der Waals surface area contributed by atoms with Gasteiger partial charge in [-0.3, -0.25) is 4.79 Å². The molecular weight excluding hydrogens is 350 g/mol. The first-order valence-corrected chi connectivity index (χ1v) is 6.69. The minimum Gasteiger partial charge on any atom is -0.475 e. The number of carboxylic acid groups (broad SMARTS) is 1. The number of furan rings is 1. The summed E-state index contributed by atoms with van der Waals surface area (Å²) in [7, 11) is 0. The second-order valence-electron chi connectivity index (χ2n) is 3.91. The highest BCUT2D eigenvalue weighted by Gasteiger charge is 2.11. The van der Waals surface area contributed by atoms with E-state index in [1.165, 1.54) is 18.2 Å². The number of carboxylic acids is 1. The summed E-state index contributed by atoms with van der Waals surface area (Å²) in [5, 5.41) is 11.8. The van der Waals surface area contributed by atoms with Crippen molar-refractivity contribution in [2.24, 2.45) is 0 Å². The lowest BCUT2D eigenvalue weighted by Crippen LogP contribution is -2.22. The van der Waals surface area contributed by atoms with Gasteiger partial charge in [0.05, 0.1) is 6.54 Å². The van der Waals surface area contributed by atoms with Gasteiger partial charge in [-0.25, -0.2) is 4.79 Å². The largest absolute Gasteiger partial charge is 0.475 e. The van der Waals surface area contributed by atoms with Crippen LogP contribution in [0.4, 0.5) is 0 Å². The summed E-state index contributed by atoms with van der Waals surface area (Å²) in [5.41, 5.74) is 0.398. The molecule has 0 aliphatic carbocycles. The summed E-state index contributed by atoms with van der Waals surface area (Å²) in [6.45, 7) is 0.0935. The third kappa shape index (κ3) is 3.61. The monoisotopic (exact) mass is 357 g/mol. The van der Waals surface area contributed by atoms with Crippen LogP contribution >= 0.6 is 27.5 Å². The van der Waals surface area contributed by atoms with Crippen LogP contribution in [0, 0.1) is 0 Å². The minimum absolute atomic E-state index is 0.0935. The van der Waals surface area contributed by atoms with Crippen molar-refractivity contribution < 1.29 is 19.1 Å². The third-order valence-corrected chi connectivity index (χ3v) is 3.10. The Hall–Kier alpha value is -1.79. The van der Waals surface area contributed by atoms with E-state index in [9.17, 15) is 9.59 Å². The molecular formula is C13H9BrClNO4. The second kappa shape index (κ2) is 6.11. The van der Waals surface area contributed by atoms with Crippen molar-refractivity contribution in [3.05, 3.63) is 56.9 Å². The molecule has 20 heavy (non-hydrogen) atoms. The van der Waals surface area contributed by atoms with Crippen LogP contribution in [0.3, 0.4) is 0 Å². The fourth-order valence-corrected chi connectivity index (χ4v) is 2.40. The van der Waals surface area contributed by atoms with Gasteiger partial charge in [0.2, 0.25) is 5.76 Å². The standard InChI is InChI=1S/C13H9BrClNO4/c14-8-3-7(4-9(15)5-8)12(17)16-6-10-1-2-11(20-10)13(18)19/h1-5H,6H2,(H,16,17)(H,18,19). The summed E-state index contributed by atoms with van der Waals surface area (Å²) < 4.78 is 5.72. The lowest BCUT2D eigenvalue weighted by Gasteiger charge is -2.04. The normalized spacial score (nSPS) is 10.3. The molecule has 0 spiro atoms. The van der Waals surface area contributed by atoms with Crippen molar-refractivity contribution in [1.29, 1.82) is 0 Å². The molecule has 2 aromatic rings. The number of benzene rings is 1. The van der Waals surface area contributed by atoms with Gasteiger partial charge in [-0.2, -0.15) is 0 Å². The van der Waals surface area contributed by atoms with Crippen molar-refractivity contribution in [3.8, 4) is 0 Å². The number of carbonyl (C=O) groups excluding carboxylic acids is 1. The van der Waals surface area contributed by atoms with E-state index in [1.54, 1.807) is 12.1 Å². The van der Waals surface area contributed by atoms with Gasteiger partial charge < -0.3 is 14.8 Å². The maximum atomic E-state index is 11.9. The van der Waals surface area contributed by atoms with E-state index in [1.807, 2.05) is 0 Å². The van der Waals surface area contributed by atoms with E-state index in [4.69, 9.17) is 21.1 Å².